The van der Waals surface area contributed by atoms with Crippen molar-refractivity contribution in [3.05, 3.63) is 88.0 Å². The number of carbonyl (C=O) groups is 4. The van der Waals surface area contributed by atoms with Gasteiger partial charge in [0.05, 0.1) is 55.4 Å². The molecule has 0 atom stereocenters. The molecule has 0 heterocycles. The zero-order valence-electron chi connectivity index (χ0n) is 21.4. The number of carbonyl (C=O) groups excluding carboxylic acids is 4. The molecule has 13 nitrogen and oxygen atoms in total. The number of aromatic hydroxyl groups is 3. The van der Waals surface area contributed by atoms with Crippen LogP contribution in [-0.4, -0.2) is 72.3 Å². The van der Waals surface area contributed by atoms with E-state index >= 15 is 0 Å². The van der Waals surface area contributed by atoms with E-state index in [4.69, 9.17) is 10.5 Å². The summed E-state index contributed by atoms with van der Waals surface area (Å²) in [5.74, 6) is -2.46. The van der Waals surface area contributed by atoms with Gasteiger partial charge >= 0.3 is 17.9 Å². The second-order valence-corrected chi connectivity index (χ2v) is 7.13. The lowest BCUT2D eigenvalue weighted by Gasteiger charge is -2.04. The average molecular weight is 552 g/mol. The minimum absolute atomic E-state index is 0.0469. The van der Waals surface area contributed by atoms with E-state index in [1.807, 2.05) is 0 Å². The van der Waals surface area contributed by atoms with Crippen molar-refractivity contribution in [2.24, 2.45) is 5.16 Å². The molecule has 3 aromatic carbocycles. The second kappa shape index (κ2) is 16.0. The van der Waals surface area contributed by atoms with E-state index in [1.54, 1.807) is 6.07 Å². The molecule has 3 rings (SSSR count). The molecular formula is C27H24N2O11. The summed E-state index contributed by atoms with van der Waals surface area (Å²) in [6, 6.07) is 14.5. The largest absolute Gasteiger partial charge is 0.507 e. The van der Waals surface area contributed by atoms with Crippen LogP contribution in [0.1, 0.15) is 52.6 Å². The van der Waals surface area contributed by atoms with Crippen molar-refractivity contribution in [3.63, 3.8) is 0 Å². The van der Waals surface area contributed by atoms with Crippen molar-refractivity contribution in [1.29, 1.82) is 5.26 Å². The number of ether oxygens (including phenoxy) is 3. The lowest BCUT2D eigenvalue weighted by atomic mass is 10.1. The number of methoxy groups -OCH3 is 3. The van der Waals surface area contributed by atoms with Crippen LogP contribution in [0.25, 0.3) is 0 Å². The van der Waals surface area contributed by atoms with E-state index in [0.717, 1.165) is 6.21 Å². The fourth-order valence-corrected chi connectivity index (χ4v) is 2.94. The zero-order chi connectivity index (χ0) is 30.2. The Labute approximate surface area is 227 Å². The summed E-state index contributed by atoms with van der Waals surface area (Å²) >= 11 is 0. The number of esters is 3. The molecule has 0 saturated carbocycles. The van der Waals surface area contributed by atoms with Crippen molar-refractivity contribution >= 4 is 30.4 Å². The lowest BCUT2D eigenvalue weighted by molar-refractivity contribution is 0.0590. The number of aldehydes is 1. The van der Waals surface area contributed by atoms with Gasteiger partial charge in [0.1, 0.15) is 28.9 Å². The predicted molar refractivity (Wildman–Crippen MR) is 138 cm³/mol. The maximum Gasteiger partial charge on any atom is 0.339 e. The third-order valence-corrected chi connectivity index (χ3v) is 4.84. The third kappa shape index (κ3) is 8.32. The molecule has 13 heteroatoms. The molecule has 208 valence electrons. The molecule has 0 aromatic heterocycles. The highest BCUT2D eigenvalue weighted by atomic mass is 16.5. The number of hydrogen-bond donors (Lipinski definition) is 4. The molecule has 3 aromatic rings. The maximum atomic E-state index is 11.2. The average Bonchev–Trinajstić information content (AvgIpc) is 2.97. The van der Waals surface area contributed by atoms with Crippen molar-refractivity contribution in [1.82, 2.24) is 0 Å². The number of oxime groups is 1. The Morgan fingerprint density at radius 1 is 0.725 bits per heavy atom. The number of rotatable bonds is 5. The molecule has 0 bridgehead atoms. The Bertz CT molecular complexity index is 1440. The summed E-state index contributed by atoms with van der Waals surface area (Å²) in [4.78, 5) is 43.8. The molecule has 0 aliphatic rings. The van der Waals surface area contributed by atoms with Crippen LogP contribution in [0.3, 0.4) is 0 Å². The smallest absolute Gasteiger partial charge is 0.339 e. The first-order valence-corrected chi connectivity index (χ1v) is 10.8. The molecule has 4 N–H and O–H groups in total. The van der Waals surface area contributed by atoms with Crippen molar-refractivity contribution < 1.29 is 53.9 Å². The fraction of sp³-hybridized carbons (Fsp3) is 0.111. The monoisotopic (exact) mass is 552 g/mol. The Balaban J connectivity index is 0.000000300. The van der Waals surface area contributed by atoms with Crippen LogP contribution < -0.4 is 0 Å². The molecule has 0 amide bonds. The molecule has 0 fully saturated rings. The highest BCUT2D eigenvalue weighted by Gasteiger charge is 2.15. The van der Waals surface area contributed by atoms with Crippen molar-refractivity contribution in [2.45, 2.75) is 0 Å². The number of phenolic OH excluding ortho intramolecular Hbond substituents is 3. The SMILES string of the molecule is COC(=O)c1cccc(O)c1C#N.COC(=O)c1cccc(O)c1C=NO.COC(=O)c1cccc(O)c1C=O. The van der Waals surface area contributed by atoms with Crippen LogP contribution in [0.5, 0.6) is 17.2 Å². The molecule has 0 radical (unpaired) electrons. The normalized spacial score (nSPS) is 9.55. The first-order valence-electron chi connectivity index (χ1n) is 10.8. The number of phenols is 3. The number of hydrogen-bond acceptors (Lipinski definition) is 13. The van der Waals surface area contributed by atoms with E-state index in [2.05, 4.69) is 19.4 Å². The molecule has 0 spiro atoms. The quantitative estimate of drug-likeness (QED) is 0.0898. The minimum Gasteiger partial charge on any atom is -0.507 e. The summed E-state index contributed by atoms with van der Waals surface area (Å²) in [7, 11) is 3.65. The molecular weight excluding hydrogens is 528 g/mol. The van der Waals surface area contributed by atoms with Crippen LogP contribution in [-0.2, 0) is 14.2 Å². The van der Waals surface area contributed by atoms with Crippen LogP contribution in [0.2, 0.25) is 0 Å². The first-order chi connectivity index (χ1) is 19.1. The van der Waals surface area contributed by atoms with Gasteiger partial charge in [-0.15, -0.1) is 0 Å². The number of benzene rings is 3. The van der Waals surface area contributed by atoms with Crippen molar-refractivity contribution in [3.8, 4) is 23.3 Å². The summed E-state index contributed by atoms with van der Waals surface area (Å²) in [6.45, 7) is 0. The summed E-state index contributed by atoms with van der Waals surface area (Å²) in [5.41, 5.74) is 0.304. The standard InChI is InChI=1S/C9H9NO4.C9H7NO3.C9H8O4/c1-14-9(12)6-3-2-4-8(11)7(6)5-10-13;2*1-13-9(12)6-3-2-4-8(11)7(6)5-10/h2-5,11,13H,1H3;2-4,11H,1H3;2-5,11H,1H3. The van der Waals surface area contributed by atoms with E-state index < -0.39 is 17.9 Å². The zero-order valence-corrected chi connectivity index (χ0v) is 21.4. The lowest BCUT2D eigenvalue weighted by Crippen LogP contribution is -2.05. The number of nitriles is 1. The minimum atomic E-state index is -0.641. The molecule has 0 saturated heterocycles. The second-order valence-electron chi connectivity index (χ2n) is 7.13. The summed E-state index contributed by atoms with van der Waals surface area (Å²) in [6.07, 6.45) is 1.39. The van der Waals surface area contributed by atoms with Gasteiger partial charge in [-0.25, -0.2) is 14.4 Å². The summed E-state index contributed by atoms with van der Waals surface area (Å²) in [5, 5.41) is 47.5. The van der Waals surface area contributed by atoms with Crippen LogP contribution in [0, 0.1) is 11.3 Å². The van der Waals surface area contributed by atoms with Crippen molar-refractivity contribution in [2.75, 3.05) is 21.3 Å². The topological polar surface area (TPSA) is 213 Å². The van der Waals surface area contributed by atoms with Gasteiger partial charge in [0, 0.05) is 0 Å². The van der Waals surface area contributed by atoms with E-state index in [-0.39, 0.29) is 50.6 Å². The molecule has 40 heavy (non-hydrogen) atoms. The highest BCUT2D eigenvalue weighted by Crippen LogP contribution is 2.21. The molecule has 0 unspecified atom stereocenters. The van der Waals surface area contributed by atoms with Gasteiger partial charge in [0.2, 0.25) is 0 Å². The molecule has 0 aliphatic heterocycles. The van der Waals surface area contributed by atoms with Gasteiger partial charge in [-0.05, 0) is 36.4 Å². The fourth-order valence-electron chi connectivity index (χ4n) is 2.94. The third-order valence-electron chi connectivity index (χ3n) is 4.84. The van der Waals surface area contributed by atoms with Gasteiger partial charge in [0.25, 0.3) is 0 Å². The Morgan fingerprint density at radius 2 is 1.12 bits per heavy atom. The van der Waals surface area contributed by atoms with Gasteiger partial charge in [0.15, 0.2) is 6.29 Å². The van der Waals surface area contributed by atoms with Gasteiger partial charge in [-0.2, -0.15) is 5.26 Å². The van der Waals surface area contributed by atoms with Crippen LogP contribution in [0.4, 0.5) is 0 Å². The summed E-state index contributed by atoms with van der Waals surface area (Å²) < 4.78 is 13.3. The van der Waals surface area contributed by atoms with Gasteiger partial charge in [-0.1, -0.05) is 23.4 Å². The predicted octanol–water partition coefficient (Wildman–Crippen LogP) is 3.03. The molecule has 0 aliphatic carbocycles. The Morgan fingerprint density at radius 3 is 1.55 bits per heavy atom. The van der Waals surface area contributed by atoms with Gasteiger partial charge in [-0.3, -0.25) is 4.79 Å². The van der Waals surface area contributed by atoms with Crippen LogP contribution >= 0.6 is 0 Å². The Kier molecular flexibility index (Phi) is 12.9. The van der Waals surface area contributed by atoms with Crippen LogP contribution in [0.15, 0.2) is 59.8 Å². The van der Waals surface area contributed by atoms with Gasteiger partial charge < -0.3 is 34.7 Å². The van der Waals surface area contributed by atoms with E-state index in [1.165, 1.54) is 75.9 Å². The Hall–Kier alpha value is -5.90. The highest BCUT2D eigenvalue weighted by molar-refractivity contribution is 6.01. The number of nitrogens with zero attached hydrogens (tertiary/aromatic N) is 2. The maximum absolute atomic E-state index is 11.2. The van der Waals surface area contributed by atoms with E-state index in [0.29, 0.717) is 6.29 Å². The first kappa shape index (κ1) is 32.1. The van der Waals surface area contributed by atoms with E-state index in [9.17, 15) is 34.5 Å².